The number of aromatic nitrogens is 6. The molecule has 0 saturated carbocycles. The number of hydrogen-bond donors (Lipinski definition) is 0. The summed E-state index contributed by atoms with van der Waals surface area (Å²) in [5.41, 5.74) is 10.2. The maximum Gasteiger partial charge on any atom is 0.250 e. The molecule has 12 heteroatoms. The van der Waals surface area contributed by atoms with Crippen molar-refractivity contribution in [1.82, 2.24) is 34.0 Å². The zero-order chi connectivity index (χ0) is 36.3. The lowest BCUT2D eigenvalue weighted by atomic mass is 10.0. The van der Waals surface area contributed by atoms with Gasteiger partial charge in [-0.3, -0.25) is 9.69 Å². The van der Waals surface area contributed by atoms with Gasteiger partial charge in [-0.15, -0.1) is 0 Å². The Morgan fingerprint density at radius 1 is 0.745 bits per heavy atom. The molecule has 10 nitrogen and oxygen atoms in total. The molecule has 0 radical (unpaired) electrons. The van der Waals surface area contributed by atoms with E-state index in [4.69, 9.17) is 0 Å². The van der Waals surface area contributed by atoms with E-state index in [0.29, 0.717) is 25.2 Å². The Labute approximate surface area is 297 Å². The lowest BCUT2D eigenvalue weighted by molar-refractivity contribution is -0.0566. The minimum Gasteiger partial charge on any atom is -0.334 e. The quantitative estimate of drug-likeness (QED) is 0.143. The van der Waals surface area contributed by atoms with E-state index in [1.165, 1.54) is 11.1 Å². The average molecular weight is 694 g/mol. The molecule has 0 bridgehead atoms. The molecule has 4 aromatic heterocycles. The van der Waals surface area contributed by atoms with E-state index >= 15 is 0 Å². The number of rotatable bonds is 9. The Morgan fingerprint density at radius 3 is 1.76 bits per heavy atom. The Kier molecular flexibility index (Phi) is 10.4. The van der Waals surface area contributed by atoms with Crippen molar-refractivity contribution in [2.75, 3.05) is 37.0 Å². The summed E-state index contributed by atoms with van der Waals surface area (Å²) >= 11 is 0. The summed E-state index contributed by atoms with van der Waals surface area (Å²) in [6.07, 6.45) is 9.69. The molecule has 0 aliphatic carbocycles. The van der Waals surface area contributed by atoms with Crippen LogP contribution in [0.2, 0.25) is 0 Å². The molecule has 1 saturated heterocycles. The molecule has 266 valence electrons. The number of pyridine rings is 2. The normalized spacial score (nSPS) is 14.4. The number of hydrogen-bond acceptors (Lipinski definition) is 8. The van der Waals surface area contributed by atoms with Crippen molar-refractivity contribution in [2.45, 2.75) is 52.0 Å². The second kappa shape index (κ2) is 14.9. The van der Waals surface area contributed by atoms with Crippen LogP contribution in [0.3, 0.4) is 0 Å². The SMILES string of the molecule is CCc1cc(C=O)ccc1N(C)c1cc2c(cn1)ncn2C.CCc1cc(CN2CCC(F)(F)CC2)ccc1N(C)c1cc2c(cn1)ncn2C. The molecule has 1 aliphatic heterocycles. The zero-order valence-electron chi connectivity index (χ0n) is 30.1. The molecular weight excluding hydrogens is 648 g/mol. The van der Waals surface area contributed by atoms with Crippen LogP contribution in [0.5, 0.6) is 0 Å². The monoisotopic (exact) mass is 693 g/mol. The van der Waals surface area contributed by atoms with Gasteiger partial charge in [0.2, 0.25) is 0 Å². The molecule has 0 amide bonds. The van der Waals surface area contributed by atoms with Gasteiger partial charge in [-0.2, -0.15) is 0 Å². The molecular formula is C39H45F2N9O. The van der Waals surface area contributed by atoms with E-state index in [1.807, 2.05) is 72.6 Å². The van der Waals surface area contributed by atoms with Gasteiger partial charge in [-0.05, 0) is 53.8 Å². The van der Waals surface area contributed by atoms with Gasteiger partial charge in [-0.25, -0.2) is 28.7 Å². The van der Waals surface area contributed by atoms with Crippen molar-refractivity contribution >= 4 is 51.4 Å². The molecule has 0 spiro atoms. The number of aldehydes is 1. The molecule has 5 heterocycles. The first-order valence-corrected chi connectivity index (χ1v) is 17.3. The van der Waals surface area contributed by atoms with Gasteiger partial charge < -0.3 is 18.9 Å². The van der Waals surface area contributed by atoms with Gasteiger partial charge in [0.05, 0.1) is 36.1 Å². The molecule has 0 atom stereocenters. The van der Waals surface area contributed by atoms with Gasteiger partial charge in [-0.1, -0.05) is 26.0 Å². The lowest BCUT2D eigenvalue weighted by Crippen LogP contribution is -2.38. The Balaban J connectivity index is 0.000000183. The first kappa shape index (κ1) is 35.6. The summed E-state index contributed by atoms with van der Waals surface area (Å²) in [5, 5.41) is 0. The van der Waals surface area contributed by atoms with Crippen LogP contribution in [0, 0.1) is 0 Å². The van der Waals surface area contributed by atoms with Crippen LogP contribution in [0.15, 0.2) is 73.6 Å². The summed E-state index contributed by atoms with van der Waals surface area (Å²) in [6.45, 7) is 5.83. The van der Waals surface area contributed by atoms with E-state index in [2.05, 4.69) is 61.8 Å². The fourth-order valence-corrected chi connectivity index (χ4v) is 6.59. The first-order valence-electron chi connectivity index (χ1n) is 17.3. The number of carbonyl (C=O) groups is 1. The van der Waals surface area contributed by atoms with Crippen LogP contribution in [-0.4, -0.2) is 73.4 Å². The second-order valence-electron chi connectivity index (χ2n) is 13.2. The Hall–Kier alpha value is -5.23. The smallest absolute Gasteiger partial charge is 0.250 e. The molecule has 0 N–H and O–H groups in total. The average Bonchev–Trinajstić information content (AvgIpc) is 3.72. The number of anilines is 4. The number of halogens is 2. The molecule has 1 aliphatic rings. The topological polar surface area (TPSA) is 88.2 Å². The predicted octanol–water partition coefficient (Wildman–Crippen LogP) is 7.64. The number of alkyl halides is 2. The van der Waals surface area contributed by atoms with Crippen LogP contribution >= 0.6 is 0 Å². The van der Waals surface area contributed by atoms with Gasteiger partial charge in [0, 0.05) is 89.7 Å². The van der Waals surface area contributed by atoms with Crippen LogP contribution in [0.1, 0.15) is 53.7 Å². The molecule has 6 aromatic rings. The Bertz CT molecular complexity index is 2150. The summed E-state index contributed by atoms with van der Waals surface area (Å²) < 4.78 is 30.8. The van der Waals surface area contributed by atoms with Crippen molar-refractivity contribution in [3.05, 3.63) is 95.8 Å². The summed E-state index contributed by atoms with van der Waals surface area (Å²) in [6, 6.07) is 16.2. The van der Waals surface area contributed by atoms with E-state index in [-0.39, 0.29) is 12.8 Å². The predicted molar refractivity (Wildman–Crippen MR) is 200 cm³/mol. The zero-order valence-corrected chi connectivity index (χ0v) is 30.1. The molecule has 7 rings (SSSR count). The number of fused-ring (bicyclic) bond motifs is 2. The number of piperidine rings is 1. The maximum atomic E-state index is 13.4. The summed E-state index contributed by atoms with van der Waals surface area (Å²) in [4.78, 5) is 34.9. The lowest BCUT2D eigenvalue weighted by Gasteiger charge is -2.32. The van der Waals surface area contributed by atoms with E-state index in [1.54, 1.807) is 25.0 Å². The van der Waals surface area contributed by atoms with Crippen LogP contribution in [-0.2, 0) is 33.5 Å². The minimum absolute atomic E-state index is 0.0450. The van der Waals surface area contributed by atoms with E-state index in [0.717, 1.165) is 69.8 Å². The molecule has 2 aromatic carbocycles. The number of carbonyl (C=O) groups excluding carboxylic acids is 1. The van der Waals surface area contributed by atoms with Crippen molar-refractivity contribution in [1.29, 1.82) is 0 Å². The third kappa shape index (κ3) is 7.75. The second-order valence-corrected chi connectivity index (χ2v) is 13.2. The van der Waals surface area contributed by atoms with Crippen molar-refractivity contribution < 1.29 is 13.6 Å². The highest BCUT2D eigenvalue weighted by atomic mass is 19.3. The van der Waals surface area contributed by atoms with Crippen molar-refractivity contribution in [2.24, 2.45) is 14.1 Å². The van der Waals surface area contributed by atoms with Crippen LogP contribution < -0.4 is 9.80 Å². The number of likely N-dealkylation sites (tertiary alicyclic amines) is 1. The number of benzene rings is 2. The van der Waals surface area contributed by atoms with E-state index < -0.39 is 5.92 Å². The van der Waals surface area contributed by atoms with E-state index in [9.17, 15) is 13.6 Å². The van der Waals surface area contributed by atoms with Crippen LogP contribution in [0.25, 0.3) is 22.1 Å². The fraction of sp³-hybridized carbons (Fsp3) is 0.359. The summed E-state index contributed by atoms with van der Waals surface area (Å²) in [7, 11) is 7.95. The minimum atomic E-state index is -2.50. The highest BCUT2D eigenvalue weighted by molar-refractivity contribution is 5.81. The van der Waals surface area contributed by atoms with Crippen molar-refractivity contribution in [3.8, 4) is 0 Å². The highest BCUT2D eigenvalue weighted by Crippen LogP contribution is 2.32. The molecule has 0 unspecified atom stereocenters. The van der Waals surface area contributed by atoms with Gasteiger partial charge in [0.25, 0.3) is 5.92 Å². The van der Waals surface area contributed by atoms with Gasteiger partial charge >= 0.3 is 0 Å². The first-order chi connectivity index (χ1) is 24.5. The van der Waals surface area contributed by atoms with Gasteiger partial charge in [0.15, 0.2) is 0 Å². The number of imidazole rings is 2. The molecule has 1 fully saturated rings. The summed E-state index contributed by atoms with van der Waals surface area (Å²) in [5.74, 6) is -0.786. The number of aryl methyl sites for hydroxylation is 4. The fourth-order valence-electron chi connectivity index (χ4n) is 6.59. The van der Waals surface area contributed by atoms with Crippen LogP contribution in [0.4, 0.5) is 31.8 Å². The standard InChI is InChI=1S/C22H27F2N5.C17H18N4O/c1-4-17-11-16(14-29-9-7-22(23,24)8-10-29)5-6-19(17)28(3)21-12-20-18(13-25-21)26-15-27(20)2;1-4-13-7-12(10-22)5-6-15(13)21(3)17-8-16-14(9-18-17)19-11-20(16)2/h5-6,11-13,15H,4,7-10,14H2,1-3H3;5-11H,4H2,1-3H3. The third-order valence-corrected chi connectivity index (χ3v) is 9.74. The molecule has 51 heavy (non-hydrogen) atoms. The highest BCUT2D eigenvalue weighted by Gasteiger charge is 2.33. The van der Waals surface area contributed by atoms with Gasteiger partial charge in [0.1, 0.15) is 29.0 Å². The third-order valence-electron chi connectivity index (χ3n) is 9.74. The number of nitrogens with zero attached hydrogens (tertiary/aromatic N) is 9. The largest absolute Gasteiger partial charge is 0.334 e. The Morgan fingerprint density at radius 2 is 1.25 bits per heavy atom. The van der Waals surface area contributed by atoms with Crippen molar-refractivity contribution in [3.63, 3.8) is 0 Å². The maximum absolute atomic E-state index is 13.4.